The maximum absolute atomic E-state index is 12.9. The Morgan fingerprint density at radius 3 is 2.58 bits per heavy atom. The number of thiazole rings is 1. The number of nitrogens with one attached hydrogen (secondary N) is 2. The summed E-state index contributed by atoms with van der Waals surface area (Å²) < 4.78 is 28.5. The number of piperidine rings is 1. The van der Waals surface area contributed by atoms with Crippen LogP contribution in [0.15, 0.2) is 41.3 Å². The molecule has 1 saturated heterocycles. The number of hydrazine groups is 1. The monoisotopic (exact) mass is 458 g/mol. The summed E-state index contributed by atoms with van der Waals surface area (Å²) in [6.07, 6.45) is 2.80. The summed E-state index contributed by atoms with van der Waals surface area (Å²) in [5.41, 5.74) is 9.07. The second-order valence-corrected chi connectivity index (χ2v) is 10.9. The molecule has 9 heteroatoms. The van der Waals surface area contributed by atoms with Crippen LogP contribution in [0.3, 0.4) is 0 Å². The van der Waals surface area contributed by atoms with E-state index in [0.717, 1.165) is 35.0 Å². The molecule has 1 aliphatic rings. The predicted octanol–water partition coefficient (Wildman–Crippen LogP) is 4.23. The van der Waals surface area contributed by atoms with Crippen molar-refractivity contribution >= 4 is 42.6 Å². The summed E-state index contributed by atoms with van der Waals surface area (Å²) in [7, 11) is -3.55. The standard InChI is InChI=1S/C22H26N4O3S2/c1-14-7-12-19-20(16(14)3)23-22(30-19)25-24-21(27)17-8-10-18(11-9-17)31(28,29)26-13-5-4-6-15(26)2/h7-12,15H,4-6,13H2,1-3H3,(H,23,25)(H,24,27). The minimum atomic E-state index is -3.55. The summed E-state index contributed by atoms with van der Waals surface area (Å²) in [5, 5.41) is 0.593. The lowest BCUT2D eigenvalue weighted by Gasteiger charge is -2.32. The number of carbonyl (C=O) groups excluding carboxylic acids is 1. The summed E-state index contributed by atoms with van der Waals surface area (Å²) in [4.78, 5) is 17.3. The first kappa shape index (κ1) is 21.7. The van der Waals surface area contributed by atoms with Gasteiger partial charge in [-0.15, -0.1) is 0 Å². The van der Waals surface area contributed by atoms with Gasteiger partial charge in [0.05, 0.1) is 15.1 Å². The maximum atomic E-state index is 12.9. The van der Waals surface area contributed by atoms with Crippen LogP contribution in [0, 0.1) is 13.8 Å². The molecule has 2 aromatic carbocycles. The lowest BCUT2D eigenvalue weighted by molar-refractivity contribution is 0.0962. The Labute approximate surface area is 186 Å². The number of sulfonamides is 1. The van der Waals surface area contributed by atoms with Crippen LogP contribution in [0.1, 0.15) is 47.7 Å². The number of anilines is 1. The van der Waals surface area contributed by atoms with Crippen molar-refractivity contribution in [1.82, 2.24) is 14.7 Å². The van der Waals surface area contributed by atoms with Crippen molar-refractivity contribution in [3.63, 3.8) is 0 Å². The fourth-order valence-corrected chi connectivity index (χ4v) is 6.38. The Hall–Kier alpha value is -2.49. The average molecular weight is 459 g/mol. The zero-order valence-electron chi connectivity index (χ0n) is 17.8. The number of fused-ring (bicyclic) bond motifs is 1. The van der Waals surface area contributed by atoms with Crippen LogP contribution in [0.2, 0.25) is 0 Å². The molecule has 0 spiro atoms. The number of aryl methyl sites for hydroxylation is 2. The summed E-state index contributed by atoms with van der Waals surface area (Å²) >= 11 is 1.46. The van der Waals surface area contributed by atoms with E-state index in [2.05, 4.69) is 21.9 Å². The molecule has 0 saturated carbocycles. The van der Waals surface area contributed by atoms with Gasteiger partial charge >= 0.3 is 0 Å². The Bertz CT molecular complexity index is 1220. The highest BCUT2D eigenvalue weighted by molar-refractivity contribution is 7.89. The van der Waals surface area contributed by atoms with Crippen LogP contribution >= 0.6 is 11.3 Å². The largest absolute Gasteiger partial charge is 0.273 e. The number of hydrogen-bond acceptors (Lipinski definition) is 6. The zero-order valence-corrected chi connectivity index (χ0v) is 19.4. The molecule has 1 amide bonds. The highest BCUT2D eigenvalue weighted by atomic mass is 32.2. The first-order chi connectivity index (χ1) is 14.8. The van der Waals surface area contributed by atoms with Crippen LogP contribution in [0.25, 0.3) is 10.2 Å². The Balaban J connectivity index is 1.44. The van der Waals surface area contributed by atoms with Crippen molar-refractivity contribution in [3.05, 3.63) is 53.1 Å². The molecule has 1 fully saturated rings. The van der Waals surface area contributed by atoms with E-state index in [-0.39, 0.29) is 16.8 Å². The van der Waals surface area contributed by atoms with E-state index < -0.39 is 10.0 Å². The van der Waals surface area contributed by atoms with Gasteiger partial charge in [0, 0.05) is 18.2 Å². The molecule has 0 bridgehead atoms. The molecule has 0 radical (unpaired) electrons. The van der Waals surface area contributed by atoms with Gasteiger partial charge in [0.1, 0.15) is 0 Å². The zero-order chi connectivity index (χ0) is 22.2. The van der Waals surface area contributed by atoms with Crippen LogP contribution in [0.4, 0.5) is 5.13 Å². The average Bonchev–Trinajstić information content (AvgIpc) is 3.19. The quantitative estimate of drug-likeness (QED) is 0.558. The number of benzene rings is 2. The van der Waals surface area contributed by atoms with Crippen LogP contribution < -0.4 is 10.9 Å². The molecular formula is C22H26N4O3S2. The molecule has 4 rings (SSSR count). The van der Waals surface area contributed by atoms with Crippen molar-refractivity contribution < 1.29 is 13.2 Å². The number of nitrogens with zero attached hydrogens (tertiary/aromatic N) is 2. The van der Waals surface area contributed by atoms with Crippen molar-refractivity contribution in [1.29, 1.82) is 0 Å². The topological polar surface area (TPSA) is 91.4 Å². The lowest BCUT2D eigenvalue weighted by Crippen LogP contribution is -2.41. The number of amides is 1. The molecule has 0 aliphatic carbocycles. The molecule has 31 heavy (non-hydrogen) atoms. The number of rotatable bonds is 5. The molecule has 1 aliphatic heterocycles. The summed E-state index contributed by atoms with van der Waals surface area (Å²) in [5.74, 6) is -0.359. The smallest absolute Gasteiger partial charge is 0.269 e. The molecule has 2 heterocycles. The maximum Gasteiger partial charge on any atom is 0.269 e. The first-order valence-corrected chi connectivity index (χ1v) is 12.6. The van der Waals surface area contributed by atoms with E-state index in [0.29, 0.717) is 17.2 Å². The third-order valence-electron chi connectivity index (χ3n) is 5.83. The third kappa shape index (κ3) is 4.30. The third-order valence-corrected chi connectivity index (χ3v) is 8.80. The molecule has 1 aromatic heterocycles. The van der Waals surface area contributed by atoms with Crippen LogP contribution in [-0.4, -0.2) is 36.2 Å². The second kappa shape index (κ2) is 8.57. The van der Waals surface area contributed by atoms with Gasteiger partial charge < -0.3 is 0 Å². The van der Waals surface area contributed by atoms with Crippen LogP contribution in [0.5, 0.6) is 0 Å². The lowest BCUT2D eigenvalue weighted by atomic mass is 10.1. The van der Waals surface area contributed by atoms with Gasteiger partial charge in [-0.3, -0.25) is 15.6 Å². The molecule has 164 valence electrons. The fourth-order valence-electron chi connectivity index (χ4n) is 3.80. The Morgan fingerprint density at radius 2 is 1.87 bits per heavy atom. The first-order valence-electron chi connectivity index (χ1n) is 10.3. The van der Waals surface area contributed by atoms with Crippen molar-refractivity contribution in [2.75, 3.05) is 12.0 Å². The van der Waals surface area contributed by atoms with E-state index in [1.165, 1.54) is 41.2 Å². The van der Waals surface area contributed by atoms with Gasteiger partial charge in [0.2, 0.25) is 15.2 Å². The van der Waals surface area contributed by atoms with Crippen molar-refractivity contribution in [2.45, 2.75) is 51.0 Å². The van der Waals surface area contributed by atoms with E-state index in [4.69, 9.17) is 0 Å². The van der Waals surface area contributed by atoms with E-state index in [1.807, 2.05) is 26.8 Å². The minimum Gasteiger partial charge on any atom is -0.273 e. The fraction of sp³-hybridized carbons (Fsp3) is 0.364. The van der Waals surface area contributed by atoms with Gasteiger partial charge in [-0.1, -0.05) is 23.8 Å². The minimum absolute atomic E-state index is 0.00726. The molecule has 7 nitrogen and oxygen atoms in total. The van der Waals surface area contributed by atoms with E-state index in [9.17, 15) is 13.2 Å². The normalized spacial score (nSPS) is 17.6. The molecular weight excluding hydrogens is 432 g/mol. The number of carbonyl (C=O) groups is 1. The Morgan fingerprint density at radius 1 is 1.13 bits per heavy atom. The molecule has 1 unspecified atom stereocenters. The van der Waals surface area contributed by atoms with Gasteiger partial charge in [-0.25, -0.2) is 13.4 Å². The molecule has 3 aromatic rings. The number of aromatic nitrogens is 1. The second-order valence-electron chi connectivity index (χ2n) is 7.94. The van der Waals surface area contributed by atoms with Gasteiger partial charge in [-0.05, 0) is 75.1 Å². The Kier molecular flexibility index (Phi) is 6.00. The number of hydrogen-bond donors (Lipinski definition) is 2. The molecule has 2 N–H and O–H groups in total. The van der Waals surface area contributed by atoms with E-state index in [1.54, 1.807) is 4.31 Å². The van der Waals surface area contributed by atoms with E-state index >= 15 is 0 Å². The SMILES string of the molecule is Cc1ccc2sc(NNC(=O)c3ccc(S(=O)(=O)N4CCCCC4C)cc3)nc2c1C. The highest BCUT2D eigenvalue weighted by Gasteiger charge is 2.30. The highest BCUT2D eigenvalue weighted by Crippen LogP contribution is 2.29. The summed E-state index contributed by atoms with van der Waals surface area (Å²) in [6, 6.07) is 10.1. The predicted molar refractivity (Wildman–Crippen MR) is 124 cm³/mol. The van der Waals surface area contributed by atoms with Gasteiger partial charge in [0.15, 0.2) is 0 Å². The van der Waals surface area contributed by atoms with Crippen LogP contribution in [-0.2, 0) is 10.0 Å². The van der Waals surface area contributed by atoms with Gasteiger partial charge in [-0.2, -0.15) is 4.31 Å². The van der Waals surface area contributed by atoms with Gasteiger partial charge in [0.25, 0.3) is 5.91 Å². The van der Waals surface area contributed by atoms with Crippen molar-refractivity contribution in [2.24, 2.45) is 0 Å². The summed E-state index contributed by atoms with van der Waals surface area (Å²) in [6.45, 7) is 6.55. The molecule has 1 atom stereocenters. The van der Waals surface area contributed by atoms with Crippen molar-refractivity contribution in [3.8, 4) is 0 Å².